The monoisotopic (exact) mass is 535 g/mol. The molecule has 0 saturated heterocycles. The van der Waals surface area contributed by atoms with Crippen molar-refractivity contribution in [3.63, 3.8) is 0 Å². The van der Waals surface area contributed by atoms with Gasteiger partial charge < -0.3 is 5.32 Å². The number of aryl methyl sites for hydroxylation is 1. The molecule has 1 amide bonds. The molecule has 2 heterocycles. The summed E-state index contributed by atoms with van der Waals surface area (Å²) in [6.07, 6.45) is 1.49. The molecule has 176 valence electrons. The topological polar surface area (TPSA) is 147 Å². The number of nitrogens with zero attached hydrogens (tertiary/aromatic N) is 2. The van der Waals surface area contributed by atoms with Gasteiger partial charge in [-0.2, -0.15) is 0 Å². The quantitative estimate of drug-likeness (QED) is 0.311. The van der Waals surface area contributed by atoms with Crippen LogP contribution in [0.5, 0.6) is 0 Å². The molecule has 0 unspecified atom stereocenters. The minimum absolute atomic E-state index is 0.00674. The second-order valence-electron chi connectivity index (χ2n) is 6.77. The van der Waals surface area contributed by atoms with Crippen LogP contribution in [0.3, 0.4) is 0 Å². The average molecular weight is 536 g/mol. The van der Waals surface area contributed by atoms with Crippen LogP contribution in [0.25, 0.3) is 0 Å². The summed E-state index contributed by atoms with van der Waals surface area (Å²) in [5, 5.41) is 4.61. The van der Waals surface area contributed by atoms with Crippen LogP contribution in [-0.2, 0) is 20.0 Å². The van der Waals surface area contributed by atoms with Crippen molar-refractivity contribution < 1.29 is 21.6 Å². The third-order valence-corrected chi connectivity index (χ3v) is 9.08. The number of nitrogens with one attached hydrogen (secondary N) is 3. The number of carbonyl (C=O) groups is 1. The van der Waals surface area contributed by atoms with Gasteiger partial charge in [-0.15, -0.1) is 11.3 Å². The molecule has 2 aromatic carbocycles. The van der Waals surface area contributed by atoms with Gasteiger partial charge in [-0.3, -0.25) is 14.2 Å². The van der Waals surface area contributed by atoms with Crippen molar-refractivity contribution in [3.05, 3.63) is 76.7 Å². The SMILES string of the molecule is Cc1nc(NS(=O)(=O)c2ccccc2)sc1C(=O)Nc1ccc(S(=O)(=O)Nc2nccs2)cc1. The minimum Gasteiger partial charge on any atom is -0.321 e. The molecule has 4 rings (SSSR count). The molecule has 0 fully saturated rings. The summed E-state index contributed by atoms with van der Waals surface area (Å²) in [5.41, 5.74) is 0.706. The van der Waals surface area contributed by atoms with Gasteiger partial charge in [0.2, 0.25) is 0 Å². The molecule has 0 atom stereocenters. The maximum absolute atomic E-state index is 12.7. The lowest BCUT2D eigenvalue weighted by Gasteiger charge is -2.07. The summed E-state index contributed by atoms with van der Waals surface area (Å²) >= 11 is 2.05. The predicted octanol–water partition coefficient (Wildman–Crippen LogP) is 3.76. The van der Waals surface area contributed by atoms with E-state index in [0.717, 1.165) is 22.7 Å². The summed E-state index contributed by atoms with van der Waals surface area (Å²) < 4.78 is 54.6. The van der Waals surface area contributed by atoms with Crippen molar-refractivity contribution in [2.45, 2.75) is 16.7 Å². The molecule has 34 heavy (non-hydrogen) atoms. The van der Waals surface area contributed by atoms with Gasteiger partial charge >= 0.3 is 0 Å². The maximum Gasteiger partial charge on any atom is 0.267 e. The number of anilines is 3. The van der Waals surface area contributed by atoms with Gasteiger partial charge in [-0.05, 0) is 43.3 Å². The highest BCUT2D eigenvalue weighted by Gasteiger charge is 2.21. The fourth-order valence-electron chi connectivity index (χ4n) is 2.78. The summed E-state index contributed by atoms with van der Waals surface area (Å²) in [7, 11) is -7.65. The lowest BCUT2D eigenvalue weighted by molar-refractivity contribution is 0.103. The molecule has 0 aliphatic heterocycles. The van der Waals surface area contributed by atoms with Crippen LogP contribution in [0.15, 0.2) is 76.0 Å². The number of aromatic nitrogens is 2. The molecule has 0 radical (unpaired) electrons. The van der Waals surface area contributed by atoms with Crippen LogP contribution in [0.2, 0.25) is 0 Å². The van der Waals surface area contributed by atoms with Crippen molar-refractivity contribution in [2.24, 2.45) is 0 Å². The number of benzene rings is 2. The molecular weight excluding hydrogens is 519 g/mol. The number of thiazole rings is 2. The largest absolute Gasteiger partial charge is 0.321 e. The average Bonchev–Trinajstić information content (AvgIpc) is 3.43. The second-order valence-corrected chi connectivity index (χ2v) is 12.0. The number of sulfonamides is 2. The number of rotatable bonds is 8. The van der Waals surface area contributed by atoms with E-state index in [9.17, 15) is 21.6 Å². The van der Waals surface area contributed by atoms with Gasteiger partial charge in [0.05, 0.1) is 15.5 Å². The first-order chi connectivity index (χ1) is 16.1. The van der Waals surface area contributed by atoms with E-state index < -0.39 is 26.0 Å². The molecular formula is C20H17N5O5S4. The smallest absolute Gasteiger partial charge is 0.267 e. The second kappa shape index (κ2) is 9.50. The van der Waals surface area contributed by atoms with Crippen molar-refractivity contribution >= 4 is 64.6 Å². The summed E-state index contributed by atoms with van der Waals surface area (Å²) in [4.78, 5) is 21.1. The highest BCUT2D eigenvalue weighted by Crippen LogP contribution is 2.26. The van der Waals surface area contributed by atoms with E-state index >= 15 is 0 Å². The van der Waals surface area contributed by atoms with Crippen molar-refractivity contribution in [2.75, 3.05) is 14.8 Å². The molecule has 10 nitrogen and oxygen atoms in total. The Morgan fingerprint density at radius 3 is 2.09 bits per heavy atom. The first kappa shape index (κ1) is 23.8. The predicted molar refractivity (Wildman–Crippen MR) is 131 cm³/mol. The van der Waals surface area contributed by atoms with Gasteiger partial charge in [-0.25, -0.2) is 26.8 Å². The van der Waals surface area contributed by atoms with Gasteiger partial charge in [0, 0.05) is 17.3 Å². The lowest BCUT2D eigenvalue weighted by atomic mass is 10.3. The zero-order valence-electron chi connectivity index (χ0n) is 17.4. The summed E-state index contributed by atoms with van der Waals surface area (Å²) in [6.45, 7) is 1.59. The van der Waals surface area contributed by atoms with E-state index in [1.807, 2.05) is 0 Å². The lowest BCUT2D eigenvalue weighted by Crippen LogP contribution is -2.14. The van der Waals surface area contributed by atoms with Crippen LogP contribution in [0, 0.1) is 6.92 Å². The van der Waals surface area contributed by atoms with Crippen molar-refractivity contribution in [1.29, 1.82) is 0 Å². The first-order valence-electron chi connectivity index (χ1n) is 9.53. The Morgan fingerprint density at radius 1 is 0.853 bits per heavy atom. The van der Waals surface area contributed by atoms with E-state index in [2.05, 4.69) is 24.7 Å². The molecule has 0 aliphatic carbocycles. The third kappa shape index (κ3) is 5.41. The number of amides is 1. The Bertz CT molecular complexity index is 1520. The minimum atomic E-state index is -3.84. The molecule has 3 N–H and O–H groups in total. The van der Waals surface area contributed by atoms with E-state index in [4.69, 9.17) is 0 Å². The standard InChI is InChI=1S/C20H17N5O5S4/c1-13-17(32-20(22-13)25-33(27,28)15-5-3-2-4-6-15)18(26)23-14-7-9-16(10-8-14)34(29,30)24-19-21-11-12-31-19/h2-12H,1H3,(H,21,24)(H,22,25)(H,23,26). The highest BCUT2D eigenvalue weighted by atomic mass is 32.2. The Labute approximate surface area is 203 Å². The van der Waals surface area contributed by atoms with E-state index in [1.165, 1.54) is 42.6 Å². The van der Waals surface area contributed by atoms with Crippen molar-refractivity contribution in [3.8, 4) is 0 Å². The van der Waals surface area contributed by atoms with Gasteiger partial charge in [0.15, 0.2) is 10.3 Å². The Kier molecular flexibility index (Phi) is 6.65. The van der Waals surface area contributed by atoms with Crippen molar-refractivity contribution in [1.82, 2.24) is 9.97 Å². The Balaban J connectivity index is 1.45. The highest BCUT2D eigenvalue weighted by molar-refractivity contribution is 7.93. The Hall–Kier alpha value is -3.33. The zero-order chi connectivity index (χ0) is 24.3. The number of carbonyl (C=O) groups excluding carboxylic acids is 1. The van der Waals surface area contributed by atoms with E-state index in [1.54, 1.807) is 30.5 Å². The van der Waals surface area contributed by atoms with Crippen LogP contribution in [-0.4, -0.2) is 32.7 Å². The fourth-order valence-corrected chi connectivity index (χ4v) is 6.68. The molecule has 2 aromatic heterocycles. The maximum atomic E-state index is 12.7. The first-order valence-corrected chi connectivity index (χ1v) is 14.2. The third-order valence-electron chi connectivity index (χ3n) is 4.35. The number of hydrogen-bond donors (Lipinski definition) is 3. The van der Waals surface area contributed by atoms with E-state index in [-0.39, 0.29) is 24.9 Å². The van der Waals surface area contributed by atoms with Gasteiger partial charge in [0.1, 0.15) is 4.88 Å². The normalized spacial score (nSPS) is 11.7. The van der Waals surface area contributed by atoms with Gasteiger partial charge in [0.25, 0.3) is 26.0 Å². The fraction of sp³-hybridized carbons (Fsp3) is 0.0500. The van der Waals surface area contributed by atoms with Gasteiger partial charge in [-0.1, -0.05) is 29.5 Å². The Morgan fingerprint density at radius 2 is 1.47 bits per heavy atom. The molecule has 0 saturated carbocycles. The van der Waals surface area contributed by atoms with Crippen LogP contribution in [0.1, 0.15) is 15.4 Å². The molecule has 0 spiro atoms. The van der Waals surface area contributed by atoms with E-state index in [0.29, 0.717) is 11.4 Å². The van der Waals surface area contributed by atoms with Crippen LogP contribution < -0.4 is 14.8 Å². The van der Waals surface area contributed by atoms with Crippen LogP contribution >= 0.6 is 22.7 Å². The molecule has 0 aliphatic rings. The molecule has 14 heteroatoms. The molecule has 0 bridgehead atoms. The zero-order valence-corrected chi connectivity index (χ0v) is 20.7. The summed E-state index contributed by atoms with van der Waals surface area (Å²) in [6, 6.07) is 13.4. The molecule has 4 aromatic rings. The number of hydrogen-bond acceptors (Lipinski definition) is 9. The summed E-state index contributed by atoms with van der Waals surface area (Å²) in [5.74, 6) is -0.503. The van der Waals surface area contributed by atoms with Crippen LogP contribution in [0.4, 0.5) is 16.0 Å².